The standard InChI is InChI=1S/C17H18O3S/c1-2-17(15-11-7-4-8-12-15)21(19,20)13-16(18)14-9-5-3-6-10-14/h2-12,16-18H,1,13H2. The van der Waals surface area contributed by atoms with Gasteiger partial charge in [-0.05, 0) is 11.1 Å². The maximum Gasteiger partial charge on any atom is 0.163 e. The lowest BCUT2D eigenvalue weighted by molar-refractivity contribution is 0.201. The Hall–Kier alpha value is -1.91. The molecule has 0 aliphatic heterocycles. The smallest absolute Gasteiger partial charge is 0.163 e. The summed E-state index contributed by atoms with van der Waals surface area (Å²) >= 11 is 0. The molecule has 2 rings (SSSR count). The molecule has 0 fully saturated rings. The van der Waals surface area contributed by atoms with E-state index >= 15 is 0 Å². The summed E-state index contributed by atoms with van der Waals surface area (Å²) in [5.41, 5.74) is 1.25. The van der Waals surface area contributed by atoms with Gasteiger partial charge in [0.2, 0.25) is 0 Å². The molecule has 4 heteroatoms. The highest BCUT2D eigenvalue weighted by atomic mass is 32.2. The van der Waals surface area contributed by atoms with Crippen LogP contribution in [0.3, 0.4) is 0 Å². The Morgan fingerprint density at radius 1 is 0.952 bits per heavy atom. The van der Waals surface area contributed by atoms with E-state index in [0.717, 1.165) is 0 Å². The van der Waals surface area contributed by atoms with Crippen LogP contribution in [-0.2, 0) is 9.84 Å². The lowest BCUT2D eigenvalue weighted by Crippen LogP contribution is -2.20. The van der Waals surface area contributed by atoms with Crippen LogP contribution in [0.1, 0.15) is 22.5 Å². The molecule has 0 radical (unpaired) electrons. The largest absolute Gasteiger partial charge is 0.387 e. The van der Waals surface area contributed by atoms with Crippen LogP contribution in [0, 0.1) is 0 Å². The molecule has 2 aromatic rings. The zero-order chi connectivity index (χ0) is 15.3. The quantitative estimate of drug-likeness (QED) is 0.834. The van der Waals surface area contributed by atoms with Gasteiger partial charge >= 0.3 is 0 Å². The Bertz CT molecular complexity index is 678. The molecule has 0 heterocycles. The van der Waals surface area contributed by atoms with Crippen molar-refractivity contribution in [3.63, 3.8) is 0 Å². The predicted octanol–water partition coefficient (Wildman–Crippen LogP) is 3.06. The molecule has 0 amide bonds. The number of benzene rings is 2. The predicted molar refractivity (Wildman–Crippen MR) is 84.6 cm³/mol. The lowest BCUT2D eigenvalue weighted by Gasteiger charge is -2.17. The molecule has 0 bridgehead atoms. The van der Waals surface area contributed by atoms with Crippen molar-refractivity contribution in [3.8, 4) is 0 Å². The number of hydrogen-bond donors (Lipinski definition) is 1. The fourth-order valence-corrected chi connectivity index (χ4v) is 3.93. The van der Waals surface area contributed by atoms with Gasteiger partial charge in [-0.2, -0.15) is 0 Å². The van der Waals surface area contributed by atoms with Crippen molar-refractivity contribution in [3.05, 3.63) is 84.4 Å². The van der Waals surface area contributed by atoms with Gasteiger partial charge in [0, 0.05) is 0 Å². The molecule has 0 aliphatic carbocycles. The van der Waals surface area contributed by atoms with E-state index in [1.54, 1.807) is 48.5 Å². The van der Waals surface area contributed by atoms with E-state index in [9.17, 15) is 13.5 Å². The zero-order valence-electron chi connectivity index (χ0n) is 11.6. The molecule has 110 valence electrons. The summed E-state index contributed by atoms with van der Waals surface area (Å²) < 4.78 is 25.0. The molecular weight excluding hydrogens is 284 g/mol. The molecule has 0 saturated heterocycles. The first-order valence-electron chi connectivity index (χ1n) is 6.66. The first-order valence-corrected chi connectivity index (χ1v) is 8.38. The third-order valence-electron chi connectivity index (χ3n) is 3.30. The minimum absolute atomic E-state index is 0.331. The van der Waals surface area contributed by atoms with E-state index in [-0.39, 0.29) is 5.75 Å². The highest BCUT2D eigenvalue weighted by molar-refractivity contribution is 7.91. The van der Waals surface area contributed by atoms with E-state index in [0.29, 0.717) is 11.1 Å². The fraction of sp³-hybridized carbons (Fsp3) is 0.176. The van der Waals surface area contributed by atoms with Crippen molar-refractivity contribution in [2.75, 3.05) is 5.75 Å². The summed E-state index contributed by atoms with van der Waals surface area (Å²) in [6.07, 6.45) is 0.366. The van der Waals surface area contributed by atoms with Crippen molar-refractivity contribution in [2.24, 2.45) is 0 Å². The number of aliphatic hydroxyl groups is 1. The van der Waals surface area contributed by atoms with E-state index in [1.807, 2.05) is 12.1 Å². The Labute approximate surface area is 125 Å². The van der Waals surface area contributed by atoms with Crippen molar-refractivity contribution in [1.82, 2.24) is 0 Å². The average Bonchev–Trinajstić information content (AvgIpc) is 2.49. The number of sulfone groups is 1. The number of rotatable bonds is 6. The minimum Gasteiger partial charge on any atom is -0.387 e. The number of hydrogen-bond acceptors (Lipinski definition) is 3. The van der Waals surface area contributed by atoms with Gasteiger partial charge in [0.25, 0.3) is 0 Å². The molecule has 2 aromatic carbocycles. The molecule has 2 unspecified atom stereocenters. The van der Waals surface area contributed by atoms with Gasteiger partial charge < -0.3 is 5.11 Å². The van der Waals surface area contributed by atoms with Crippen molar-refractivity contribution in [1.29, 1.82) is 0 Å². The maximum absolute atomic E-state index is 12.5. The van der Waals surface area contributed by atoms with E-state index < -0.39 is 21.2 Å². The Kier molecular flexibility index (Phi) is 4.94. The van der Waals surface area contributed by atoms with Gasteiger partial charge in [0.15, 0.2) is 9.84 Å². The van der Waals surface area contributed by atoms with E-state index in [1.165, 1.54) is 6.08 Å². The summed E-state index contributed by atoms with van der Waals surface area (Å²) in [5, 5.41) is 9.33. The molecule has 2 atom stereocenters. The molecule has 0 saturated carbocycles. The van der Waals surface area contributed by atoms with E-state index in [4.69, 9.17) is 0 Å². The second kappa shape index (κ2) is 6.70. The van der Waals surface area contributed by atoms with Crippen molar-refractivity contribution in [2.45, 2.75) is 11.4 Å². The molecule has 0 aromatic heterocycles. The lowest BCUT2D eigenvalue weighted by atomic mass is 10.1. The summed E-state index contributed by atoms with van der Waals surface area (Å²) in [6.45, 7) is 3.62. The Balaban J connectivity index is 2.23. The van der Waals surface area contributed by atoms with Gasteiger partial charge in [-0.1, -0.05) is 66.7 Å². The van der Waals surface area contributed by atoms with Gasteiger partial charge in [-0.3, -0.25) is 0 Å². The SMILES string of the molecule is C=CC(c1ccccc1)S(=O)(=O)CC(O)c1ccccc1. The fourth-order valence-electron chi connectivity index (χ4n) is 2.23. The van der Waals surface area contributed by atoms with Gasteiger partial charge in [0.05, 0.1) is 11.9 Å². The summed E-state index contributed by atoms with van der Waals surface area (Å²) in [6, 6.07) is 17.7. The normalized spacial score (nSPS) is 14.3. The van der Waals surface area contributed by atoms with Crippen LogP contribution in [0.2, 0.25) is 0 Å². The van der Waals surface area contributed by atoms with Gasteiger partial charge in [0.1, 0.15) is 5.25 Å². The molecule has 0 aliphatic rings. The van der Waals surface area contributed by atoms with Gasteiger partial charge in [-0.25, -0.2) is 8.42 Å². The third-order valence-corrected chi connectivity index (χ3v) is 5.32. The molecule has 0 spiro atoms. The van der Waals surface area contributed by atoms with Crippen LogP contribution in [0.5, 0.6) is 0 Å². The highest BCUT2D eigenvalue weighted by Gasteiger charge is 2.27. The number of aliphatic hydroxyl groups excluding tert-OH is 1. The van der Waals surface area contributed by atoms with Gasteiger partial charge in [-0.15, -0.1) is 6.58 Å². The third kappa shape index (κ3) is 3.80. The Morgan fingerprint density at radius 2 is 1.43 bits per heavy atom. The second-order valence-electron chi connectivity index (χ2n) is 4.82. The zero-order valence-corrected chi connectivity index (χ0v) is 12.4. The molecular formula is C17H18O3S. The van der Waals surface area contributed by atoms with Crippen LogP contribution in [0.4, 0.5) is 0 Å². The molecule has 3 nitrogen and oxygen atoms in total. The van der Waals surface area contributed by atoms with Crippen LogP contribution in [0.15, 0.2) is 73.3 Å². The maximum atomic E-state index is 12.5. The molecule has 21 heavy (non-hydrogen) atoms. The summed E-state index contributed by atoms with van der Waals surface area (Å²) in [4.78, 5) is 0. The second-order valence-corrected chi connectivity index (χ2v) is 6.99. The van der Waals surface area contributed by atoms with Crippen LogP contribution in [0.25, 0.3) is 0 Å². The Morgan fingerprint density at radius 3 is 1.90 bits per heavy atom. The minimum atomic E-state index is -3.54. The monoisotopic (exact) mass is 302 g/mol. The van der Waals surface area contributed by atoms with E-state index in [2.05, 4.69) is 6.58 Å². The summed E-state index contributed by atoms with van der Waals surface area (Å²) in [5.74, 6) is -0.331. The first-order chi connectivity index (χ1) is 10.0. The van der Waals surface area contributed by atoms with Crippen LogP contribution in [-0.4, -0.2) is 19.3 Å². The van der Waals surface area contributed by atoms with Crippen molar-refractivity contribution < 1.29 is 13.5 Å². The molecule has 1 N–H and O–H groups in total. The van der Waals surface area contributed by atoms with Crippen LogP contribution >= 0.6 is 0 Å². The average molecular weight is 302 g/mol. The van der Waals surface area contributed by atoms with Crippen LogP contribution < -0.4 is 0 Å². The van der Waals surface area contributed by atoms with Crippen molar-refractivity contribution >= 4 is 9.84 Å². The summed E-state index contributed by atoms with van der Waals surface area (Å²) in [7, 11) is -3.54. The topological polar surface area (TPSA) is 54.4 Å². The highest BCUT2D eigenvalue weighted by Crippen LogP contribution is 2.27. The first kappa shape index (κ1) is 15.5.